The van der Waals surface area contributed by atoms with E-state index in [0.717, 1.165) is 6.54 Å². The highest BCUT2D eigenvalue weighted by molar-refractivity contribution is 7.18. The molecule has 84 valence electrons. The van der Waals surface area contributed by atoms with Crippen molar-refractivity contribution < 1.29 is 4.57 Å². The fourth-order valence-electron chi connectivity index (χ4n) is 2.87. The molecule has 1 nitrogen and oxygen atoms in total. The van der Waals surface area contributed by atoms with E-state index in [1.165, 1.54) is 36.2 Å². The van der Waals surface area contributed by atoms with Crippen molar-refractivity contribution in [1.29, 1.82) is 0 Å². The zero-order chi connectivity index (χ0) is 11.1. The summed E-state index contributed by atoms with van der Waals surface area (Å²) in [6, 6.07) is 4.68. The van der Waals surface area contributed by atoms with Crippen molar-refractivity contribution in [3.05, 3.63) is 28.3 Å². The van der Waals surface area contributed by atoms with Gasteiger partial charge in [0, 0.05) is 13.0 Å². The monoisotopic (exact) mass is 232 g/mol. The van der Waals surface area contributed by atoms with Crippen molar-refractivity contribution in [3.8, 4) is 0 Å². The van der Waals surface area contributed by atoms with E-state index >= 15 is 0 Å². The van der Waals surface area contributed by atoms with E-state index < -0.39 is 0 Å². The number of nitrogens with zero attached hydrogens (tertiary/aromatic N) is 1. The summed E-state index contributed by atoms with van der Waals surface area (Å²) in [5.41, 5.74) is 4.69. The largest absolute Gasteiger partial charge is 0.235 e. The molecule has 0 radical (unpaired) electrons. The van der Waals surface area contributed by atoms with Crippen LogP contribution in [-0.4, -0.2) is 0 Å². The van der Waals surface area contributed by atoms with Crippen LogP contribution in [-0.2, 0) is 19.4 Å². The Labute approximate surface area is 101 Å². The average Bonchev–Trinajstić information content (AvgIpc) is 2.65. The van der Waals surface area contributed by atoms with Gasteiger partial charge in [-0.15, -0.1) is 0 Å². The molecular formula is C14H18NS+. The first-order valence-electron chi connectivity index (χ1n) is 6.25. The van der Waals surface area contributed by atoms with Gasteiger partial charge in [-0.2, -0.15) is 4.57 Å². The number of thiazole rings is 1. The summed E-state index contributed by atoms with van der Waals surface area (Å²) in [5.74, 6) is 0. The summed E-state index contributed by atoms with van der Waals surface area (Å²) in [6.07, 6.45) is 5.32. The first-order valence-corrected chi connectivity index (χ1v) is 7.06. The third-order valence-electron chi connectivity index (χ3n) is 3.70. The van der Waals surface area contributed by atoms with Gasteiger partial charge < -0.3 is 0 Å². The van der Waals surface area contributed by atoms with E-state index in [-0.39, 0.29) is 0 Å². The van der Waals surface area contributed by atoms with Crippen LogP contribution >= 0.6 is 11.3 Å². The molecule has 0 fully saturated rings. The van der Waals surface area contributed by atoms with Gasteiger partial charge in [-0.1, -0.05) is 17.4 Å². The highest BCUT2D eigenvalue weighted by Gasteiger charge is 2.21. The van der Waals surface area contributed by atoms with Gasteiger partial charge in [0.25, 0.3) is 0 Å². The number of aryl methyl sites for hydroxylation is 4. The number of fused-ring (bicyclic) bond motifs is 3. The molecule has 0 N–H and O–H groups in total. The van der Waals surface area contributed by atoms with E-state index in [2.05, 4.69) is 30.5 Å². The molecule has 0 saturated heterocycles. The van der Waals surface area contributed by atoms with Crippen LogP contribution in [0, 0.1) is 6.92 Å². The van der Waals surface area contributed by atoms with Gasteiger partial charge in [0.1, 0.15) is 11.2 Å². The molecule has 16 heavy (non-hydrogen) atoms. The quantitative estimate of drug-likeness (QED) is 0.664. The summed E-state index contributed by atoms with van der Waals surface area (Å²) < 4.78 is 3.99. The van der Waals surface area contributed by atoms with Crippen LogP contribution in [0.15, 0.2) is 12.1 Å². The van der Waals surface area contributed by atoms with Crippen LogP contribution in [0.25, 0.3) is 10.2 Å². The fraction of sp³-hybridized carbons (Fsp3) is 0.500. The summed E-state index contributed by atoms with van der Waals surface area (Å²) in [6.45, 7) is 5.56. The summed E-state index contributed by atoms with van der Waals surface area (Å²) in [4.78, 5) is 0. The molecule has 1 aliphatic carbocycles. The molecule has 0 spiro atoms. The lowest BCUT2D eigenvalue weighted by atomic mass is 9.91. The van der Waals surface area contributed by atoms with Crippen molar-refractivity contribution in [2.75, 3.05) is 0 Å². The van der Waals surface area contributed by atoms with Crippen molar-refractivity contribution in [1.82, 2.24) is 0 Å². The summed E-state index contributed by atoms with van der Waals surface area (Å²) in [7, 11) is 0. The molecule has 0 atom stereocenters. The molecule has 0 amide bonds. The van der Waals surface area contributed by atoms with Gasteiger partial charge in [-0.25, -0.2) is 0 Å². The maximum atomic E-state index is 2.44. The Hall–Kier alpha value is -0.890. The molecule has 1 aliphatic rings. The van der Waals surface area contributed by atoms with Crippen LogP contribution in [0.5, 0.6) is 0 Å². The van der Waals surface area contributed by atoms with E-state index in [0.29, 0.717) is 0 Å². The Morgan fingerprint density at radius 3 is 2.88 bits per heavy atom. The number of hydrogen-bond donors (Lipinski definition) is 0. The van der Waals surface area contributed by atoms with Crippen molar-refractivity contribution >= 4 is 21.6 Å². The lowest BCUT2D eigenvalue weighted by Gasteiger charge is -2.14. The summed E-state index contributed by atoms with van der Waals surface area (Å²) in [5, 5.41) is 1.44. The van der Waals surface area contributed by atoms with E-state index in [9.17, 15) is 0 Å². The average molecular weight is 232 g/mol. The third-order valence-corrected chi connectivity index (χ3v) is 4.87. The van der Waals surface area contributed by atoms with Crippen LogP contribution in [0.4, 0.5) is 0 Å². The van der Waals surface area contributed by atoms with Crippen molar-refractivity contribution in [2.24, 2.45) is 0 Å². The van der Waals surface area contributed by atoms with E-state index in [4.69, 9.17) is 0 Å². The molecule has 0 unspecified atom stereocenters. The molecule has 0 aliphatic heterocycles. The topological polar surface area (TPSA) is 3.88 Å². The second-order valence-electron chi connectivity index (χ2n) is 4.62. The molecule has 0 bridgehead atoms. The molecule has 1 aromatic carbocycles. The fourth-order valence-corrected chi connectivity index (χ4v) is 4.15. The molecular weight excluding hydrogens is 214 g/mol. The molecule has 1 aromatic heterocycles. The molecule has 2 aromatic rings. The zero-order valence-corrected chi connectivity index (χ0v) is 10.9. The van der Waals surface area contributed by atoms with Crippen LogP contribution in [0.2, 0.25) is 0 Å². The van der Waals surface area contributed by atoms with Gasteiger partial charge in [0.2, 0.25) is 10.5 Å². The molecule has 3 rings (SSSR count). The maximum absolute atomic E-state index is 2.44. The Morgan fingerprint density at radius 2 is 2.06 bits per heavy atom. The minimum atomic E-state index is 1.09. The second kappa shape index (κ2) is 3.85. The number of aromatic nitrogens is 1. The van der Waals surface area contributed by atoms with Gasteiger partial charge in [0.15, 0.2) is 0 Å². The third kappa shape index (κ3) is 1.40. The Kier molecular flexibility index (Phi) is 2.47. The lowest BCUT2D eigenvalue weighted by molar-refractivity contribution is -0.669. The highest BCUT2D eigenvalue weighted by Crippen LogP contribution is 2.31. The van der Waals surface area contributed by atoms with Gasteiger partial charge >= 0.3 is 0 Å². The van der Waals surface area contributed by atoms with Crippen LogP contribution < -0.4 is 4.57 Å². The minimum Gasteiger partial charge on any atom is -0.186 e. The molecule has 1 heterocycles. The Bertz CT molecular complexity index is 539. The number of hydrogen-bond acceptors (Lipinski definition) is 1. The minimum absolute atomic E-state index is 1.09. The maximum Gasteiger partial charge on any atom is 0.235 e. The standard InChI is InChI=1S/C14H18NS/c1-3-15-10(2)16-14-12-7-5-4-6-11(12)8-9-13(14)15/h8-9H,3-7H2,1-2H3/q+1. The van der Waals surface area contributed by atoms with E-state index in [1.807, 2.05) is 11.3 Å². The number of benzene rings is 1. The van der Waals surface area contributed by atoms with Gasteiger partial charge in [-0.3, -0.25) is 0 Å². The lowest BCUT2D eigenvalue weighted by Crippen LogP contribution is -2.33. The van der Waals surface area contributed by atoms with Gasteiger partial charge in [-0.05, 0) is 43.7 Å². The van der Waals surface area contributed by atoms with Gasteiger partial charge in [0.05, 0.1) is 0 Å². The van der Waals surface area contributed by atoms with Crippen molar-refractivity contribution in [3.63, 3.8) is 0 Å². The van der Waals surface area contributed by atoms with E-state index in [1.54, 1.807) is 15.8 Å². The Morgan fingerprint density at radius 1 is 1.25 bits per heavy atom. The van der Waals surface area contributed by atoms with Crippen molar-refractivity contribution in [2.45, 2.75) is 46.1 Å². The molecule has 2 heteroatoms. The first kappa shape index (κ1) is 10.3. The SMILES string of the molecule is CC[n+]1c(C)sc2c3c(ccc21)CCCC3. The van der Waals surface area contributed by atoms with Crippen LogP contribution in [0.1, 0.15) is 35.9 Å². The predicted molar refractivity (Wildman–Crippen MR) is 69.1 cm³/mol. The van der Waals surface area contributed by atoms with Crippen LogP contribution in [0.3, 0.4) is 0 Å². The first-order chi connectivity index (χ1) is 7.81. The highest BCUT2D eigenvalue weighted by atomic mass is 32.1. The number of rotatable bonds is 1. The molecule has 0 saturated carbocycles. The Balaban J connectivity index is 2.32. The second-order valence-corrected chi connectivity index (χ2v) is 5.83. The smallest absolute Gasteiger partial charge is 0.186 e. The predicted octanol–water partition coefficient (Wildman–Crippen LogP) is 3.40. The normalized spacial score (nSPS) is 15.4. The zero-order valence-electron chi connectivity index (χ0n) is 10.0. The summed E-state index contributed by atoms with van der Waals surface area (Å²) >= 11 is 1.98.